The molecule has 1 rings (SSSR count). The average Bonchev–Trinajstić information content (AvgIpc) is 2.58. The summed E-state index contributed by atoms with van der Waals surface area (Å²) in [6.07, 6.45) is 5.89. The minimum atomic E-state index is -0.0194. The number of hydrogen-bond donors (Lipinski definition) is 0. The number of amides is 1. The number of nitrogens with zero attached hydrogens (tertiary/aromatic N) is 1. The zero-order chi connectivity index (χ0) is 18.4. The van der Waals surface area contributed by atoms with Gasteiger partial charge < -0.3 is 4.84 Å². The predicted octanol–water partition coefficient (Wildman–Crippen LogP) is 5.52. The van der Waals surface area contributed by atoms with Crippen LogP contribution in [0.3, 0.4) is 0 Å². The molecule has 0 N–H and O–H groups in total. The summed E-state index contributed by atoms with van der Waals surface area (Å²) in [6.45, 7) is 16.0. The third kappa shape index (κ3) is 4.99. The number of carbonyl (C=O) groups excluding carboxylic acids is 1. The van der Waals surface area contributed by atoms with E-state index in [2.05, 4.69) is 60.6 Å². The molecular formula is C21H34NO2. The van der Waals surface area contributed by atoms with E-state index in [0.717, 1.165) is 37.0 Å². The molecule has 3 heteroatoms. The Labute approximate surface area is 148 Å². The molecule has 0 saturated heterocycles. The lowest BCUT2D eigenvalue weighted by Gasteiger charge is -2.31. The predicted molar refractivity (Wildman–Crippen MR) is 101 cm³/mol. The fourth-order valence-corrected chi connectivity index (χ4v) is 2.48. The highest BCUT2D eigenvalue weighted by Crippen LogP contribution is 2.38. The Hall–Kier alpha value is -1.51. The van der Waals surface area contributed by atoms with E-state index in [4.69, 9.17) is 4.84 Å². The fraction of sp³-hybridized carbons (Fsp3) is 0.667. The lowest BCUT2D eigenvalue weighted by Crippen LogP contribution is -2.29. The molecule has 1 aromatic carbocycles. The van der Waals surface area contributed by atoms with E-state index in [-0.39, 0.29) is 10.8 Å². The Morgan fingerprint density at radius 1 is 1.04 bits per heavy atom. The van der Waals surface area contributed by atoms with Crippen molar-refractivity contribution in [3.8, 4) is 5.75 Å². The van der Waals surface area contributed by atoms with Crippen molar-refractivity contribution in [2.75, 3.05) is 6.54 Å². The van der Waals surface area contributed by atoms with Crippen molar-refractivity contribution in [3.63, 3.8) is 0 Å². The van der Waals surface area contributed by atoms with Gasteiger partial charge in [-0.05, 0) is 41.7 Å². The van der Waals surface area contributed by atoms with Crippen LogP contribution in [0.5, 0.6) is 5.75 Å². The van der Waals surface area contributed by atoms with E-state index in [0.29, 0.717) is 6.54 Å². The molecule has 1 aromatic rings. The topological polar surface area (TPSA) is 29.5 Å². The van der Waals surface area contributed by atoms with Gasteiger partial charge in [0.15, 0.2) is 5.75 Å². The van der Waals surface area contributed by atoms with E-state index < -0.39 is 0 Å². The maximum atomic E-state index is 11.2. The van der Waals surface area contributed by atoms with Crippen molar-refractivity contribution >= 4 is 6.41 Å². The molecule has 24 heavy (non-hydrogen) atoms. The summed E-state index contributed by atoms with van der Waals surface area (Å²) in [6, 6.07) is 6.39. The molecule has 135 valence electrons. The number of hydrogen-bond acceptors (Lipinski definition) is 2. The van der Waals surface area contributed by atoms with Crippen LogP contribution in [0.15, 0.2) is 18.2 Å². The summed E-state index contributed by atoms with van der Waals surface area (Å²) in [5.74, 6) is 0.761. The maximum absolute atomic E-state index is 11.2. The molecule has 0 aliphatic heterocycles. The number of benzene rings is 1. The Morgan fingerprint density at radius 3 is 2.17 bits per heavy atom. The number of rotatable bonds is 10. The van der Waals surface area contributed by atoms with Crippen LogP contribution in [0.1, 0.15) is 85.3 Å². The molecule has 0 atom stereocenters. The first-order valence-electron chi connectivity index (χ1n) is 9.20. The fourth-order valence-electron chi connectivity index (χ4n) is 2.48. The van der Waals surface area contributed by atoms with Crippen molar-refractivity contribution in [2.45, 2.75) is 85.0 Å². The van der Waals surface area contributed by atoms with Crippen molar-refractivity contribution in [3.05, 3.63) is 29.3 Å². The Bertz CT molecular complexity index is 535. The van der Waals surface area contributed by atoms with Crippen LogP contribution in [-0.2, 0) is 15.6 Å². The van der Waals surface area contributed by atoms with Gasteiger partial charge >= 0.3 is 6.41 Å². The Kier molecular flexibility index (Phi) is 7.31. The number of hydroxylamine groups is 2. The lowest BCUT2D eigenvalue weighted by molar-refractivity contribution is 0.0127. The standard InChI is InChI=1S/C21H34NO2/c1-8-11-14-22(16-23)24-19-13-12-17(20(4,5)9-2)15-18(19)21(6,7)10-3/h12-13,15H,8-11,14H2,1-7H3. The summed E-state index contributed by atoms with van der Waals surface area (Å²) >= 11 is 0. The minimum Gasteiger partial charge on any atom is -0.376 e. The molecule has 0 unspecified atom stereocenters. The van der Waals surface area contributed by atoms with Crippen LogP contribution in [0, 0.1) is 0 Å². The lowest BCUT2D eigenvalue weighted by atomic mass is 9.76. The van der Waals surface area contributed by atoms with Gasteiger partial charge in [-0.1, -0.05) is 67.0 Å². The molecule has 0 spiro atoms. The third-order valence-electron chi connectivity index (χ3n) is 5.28. The summed E-state index contributed by atoms with van der Waals surface area (Å²) in [5, 5.41) is 1.29. The minimum absolute atomic E-state index is 0.0194. The average molecular weight is 333 g/mol. The molecule has 3 nitrogen and oxygen atoms in total. The Balaban J connectivity index is 3.26. The molecule has 1 amide bonds. The second-order valence-electron chi connectivity index (χ2n) is 7.82. The van der Waals surface area contributed by atoms with Gasteiger partial charge in [0.2, 0.25) is 0 Å². The van der Waals surface area contributed by atoms with Crippen LogP contribution >= 0.6 is 0 Å². The monoisotopic (exact) mass is 332 g/mol. The smallest absolute Gasteiger partial charge is 0.347 e. The normalized spacial score (nSPS) is 12.1. The van der Waals surface area contributed by atoms with Crippen molar-refractivity contribution in [2.24, 2.45) is 0 Å². The molecule has 0 bridgehead atoms. The van der Waals surface area contributed by atoms with Crippen molar-refractivity contribution < 1.29 is 9.63 Å². The van der Waals surface area contributed by atoms with Crippen LogP contribution in [0.4, 0.5) is 0 Å². The first kappa shape index (κ1) is 20.5. The van der Waals surface area contributed by atoms with Crippen LogP contribution in [0.25, 0.3) is 0 Å². The summed E-state index contributed by atoms with van der Waals surface area (Å²) < 4.78 is 0. The van der Waals surface area contributed by atoms with Gasteiger partial charge in [-0.25, -0.2) is 0 Å². The second-order valence-corrected chi connectivity index (χ2v) is 7.82. The quantitative estimate of drug-likeness (QED) is 0.417. The largest absolute Gasteiger partial charge is 0.376 e. The highest BCUT2D eigenvalue weighted by Gasteiger charge is 2.27. The van der Waals surface area contributed by atoms with E-state index in [9.17, 15) is 4.79 Å². The van der Waals surface area contributed by atoms with Gasteiger partial charge in [-0.2, -0.15) is 5.06 Å². The SMILES string of the molecule is CCCCN([C]=O)Oc1ccc(C(C)(C)CC)cc1C(C)(C)CC. The van der Waals surface area contributed by atoms with Gasteiger partial charge in [-0.15, -0.1) is 0 Å². The third-order valence-corrected chi connectivity index (χ3v) is 5.28. The number of unbranched alkanes of at least 4 members (excludes halogenated alkanes) is 1. The van der Waals surface area contributed by atoms with E-state index in [1.807, 2.05) is 12.5 Å². The molecule has 0 aliphatic rings. The first-order valence-corrected chi connectivity index (χ1v) is 9.20. The van der Waals surface area contributed by atoms with E-state index in [1.165, 1.54) is 10.6 Å². The van der Waals surface area contributed by atoms with Crippen LogP contribution < -0.4 is 4.84 Å². The molecular weight excluding hydrogens is 298 g/mol. The van der Waals surface area contributed by atoms with Crippen molar-refractivity contribution in [1.82, 2.24) is 5.06 Å². The van der Waals surface area contributed by atoms with Gasteiger partial charge in [0, 0.05) is 5.56 Å². The Morgan fingerprint density at radius 2 is 1.67 bits per heavy atom. The highest BCUT2D eigenvalue weighted by molar-refractivity contribution is 5.49. The first-order chi connectivity index (χ1) is 11.2. The van der Waals surface area contributed by atoms with Crippen LogP contribution in [-0.4, -0.2) is 18.0 Å². The van der Waals surface area contributed by atoms with Gasteiger partial charge in [0.1, 0.15) is 0 Å². The molecule has 0 aliphatic carbocycles. The zero-order valence-electron chi connectivity index (χ0n) is 16.5. The van der Waals surface area contributed by atoms with Gasteiger partial charge in [-0.3, -0.25) is 4.79 Å². The maximum Gasteiger partial charge on any atom is 0.347 e. The van der Waals surface area contributed by atoms with E-state index >= 15 is 0 Å². The summed E-state index contributed by atoms with van der Waals surface area (Å²) in [4.78, 5) is 17.1. The van der Waals surface area contributed by atoms with Gasteiger partial charge in [0.25, 0.3) is 0 Å². The second kappa shape index (κ2) is 8.55. The zero-order valence-corrected chi connectivity index (χ0v) is 16.5. The summed E-state index contributed by atoms with van der Waals surface area (Å²) in [7, 11) is 0. The molecule has 1 radical (unpaired) electrons. The van der Waals surface area contributed by atoms with Gasteiger partial charge in [0.05, 0.1) is 6.54 Å². The molecule has 0 aromatic heterocycles. The molecule has 0 saturated carbocycles. The van der Waals surface area contributed by atoms with Crippen LogP contribution in [0.2, 0.25) is 0 Å². The highest BCUT2D eigenvalue weighted by atomic mass is 16.7. The molecule has 0 fully saturated rings. The molecule has 0 heterocycles. The van der Waals surface area contributed by atoms with E-state index in [1.54, 1.807) is 0 Å². The summed E-state index contributed by atoms with van der Waals surface area (Å²) in [5.41, 5.74) is 2.56. The van der Waals surface area contributed by atoms with Crippen molar-refractivity contribution in [1.29, 1.82) is 0 Å².